The molecule has 2 aliphatic rings. The van der Waals surface area contributed by atoms with Gasteiger partial charge in [-0.15, -0.1) is 0 Å². The quantitative estimate of drug-likeness (QED) is 0.250. The van der Waals surface area contributed by atoms with Gasteiger partial charge < -0.3 is 9.47 Å². The van der Waals surface area contributed by atoms with E-state index >= 15 is 0 Å². The van der Waals surface area contributed by atoms with E-state index in [2.05, 4.69) is 112 Å². The van der Waals surface area contributed by atoms with E-state index in [-0.39, 0.29) is 0 Å². The van der Waals surface area contributed by atoms with Crippen LogP contribution < -0.4 is 4.74 Å². The maximum Gasteiger partial charge on any atom is 0.186 e. The molecule has 214 valence electrons. The smallest absolute Gasteiger partial charge is 0.186 e. The van der Waals surface area contributed by atoms with Crippen molar-refractivity contribution >= 4 is 11.8 Å². The Morgan fingerprint density at radius 3 is 1.98 bits per heavy atom. The lowest BCUT2D eigenvalue weighted by atomic mass is 9.66. The van der Waals surface area contributed by atoms with Crippen LogP contribution in [0.3, 0.4) is 0 Å². The Labute approximate surface area is 251 Å². The first-order chi connectivity index (χ1) is 19.9. The van der Waals surface area contributed by atoms with Gasteiger partial charge in [-0.05, 0) is 147 Å². The Morgan fingerprint density at radius 2 is 1.33 bits per heavy atom. The molecule has 1 heterocycles. The average Bonchev–Trinajstić information content (AvgIpc) is 3.28. The summed E-state index contributed by atoms with van der Waals surface area (Å²) in [5, 5.41) is 0. The Kier molecular flexibility index (Phi) is 6.53. The molecule has 1 aliphatic heterocycles. The number of ether oxygens (including phenoxy) is 2. The van der Waals surface area contributed by atoms with Crippen LogP contribution in [0.1, 0.15) is 94.6 Å². The van der Waals surface area contributed by atoms with Gasteiger partial charge in [0.15, 0.2) is 5.60 Å². The van der Waals surface area contributed by atoms with Crippen LogP contribution in [-0.2, 0) is 23.4 Å². The van der Waals surface area contributed by atoms with Gasteiger partial charge in [-0.2, -0.15) is 0 Å². The molecule has 1 unspecified atom stereocenters. The average molecular weight is 555 g/mol. The fraction of sp³-hybridized carbons (Fsp3) is 0.300. The standard InChI is InChI=1S/C40H42O2/c1-12-31-13-15-32(16-14-31)20-41-39-22(3)18-36-34(29(39)10)19-33-26(7)23(4)21(2)17-35(33)40(36)38-28(9)25(6)24(5)27(8)37(38)30(11)42-40/h12-18H,1,11,19-20H2,2-10H3. The third-order valence-electron chi connectivity index (χ3n) is 10.4. The summed E-state index contributed by atoms with van der Waals surface area (Å²) in [6, 6.07) is 13.1. The van der Waals surface area contributed by atoms with Gasteiger partial charge in [-0.1, -0.05) is 49.6 Å². The third-order valence-corrected chi connectivity index (χ3v) is 10.4. The molecule has 4 aromatic carbocycles. The number of aryl methyl sites for hydroxylation is 2. The van der Waals surface area contributed by atoms with Crippen LogP contribution in [0.25, 0.3) is 11.8 Å². The highest BCUT2D eigenvalue weighted by Crippen LogP contribution is 2.59. The molecule has 0 bridgehead atoms. The molecule has 0 saturated carbocycles. The van der Waals surface area contributed by atoms with Gasteiger partial charge in [0.2, 0.25) is 0 Å². The highest BCUT2D eigenvalue weighted by Gasteiger charge is 2.53. The first kappa shape index (κ1) is 28.1. The van der Waals surface area contributed by atoms with Gasteiger partial charge >= 0.3 is 0 Å². The van der Waals surface area contributed by atoms with Crippen molar-refractivity contribution in [1.82, 2.24) is 0 Å². The van der Waals surface area contributed by atoms with Crippen LogP contribution in [0.15, 0.2) is 49.6 Å². The van der Waals surface area contributed by atoms with Crippen molar-refractivity contribution < 1.29 is 9.47 Å². The summed E-state index contributed by atoms with van der Waals surface area (Å²) in [6.45, 7) is 29.0. The van der Waals surface area contributed by atoms with Crippen LogP contribution in [0.5, 0.6) is 5.75 Å². The van der Waals surface area contributed by atoms with E-state index in [0.717, 1.165) is 34.6 Å². The van der Waals surface area contributed by atoms with E-state index in [1.165, 1.54) is 77.9 Å². The molecule has 2 nitrogen and oxygen atoms in total. The zero-order valence-electron chi connectivity index (χ0n) is 26.7. The monoisotopic (exact) mass is 554 g/mol. The topological polar surface area (TPSA) is 18.5 Å². The third kappa shape index (κ3) is 3.77. The van der Waals surface area contributed by atoms with Crippen LogP contribution in [-0.4, -0.2) is 0 Å². The van der Waals surface area contributed by atoms with E-state index in [1.54, 1.807) is 0 Å². The van der Waals surface area contributed by atoms with Crippen LogP contribution in [0, 0.1) is 62.3 Å². The van der Waals surface area contributed by atoms with Crippen molar-refractivity contribution in [2.45, 2.75) is 80.9 Å². The molecule has 0 fully saturated rings. The lowest BCUT2D eigenvalue weighted by Gasteiger charge is -2.41. The van der Waals surface area contributed by atoms with Gasteiger partial charge in [0, 0.05) is 22.3 Å². The van der Waals surface area contributed by atoms with Crippen molar-refractivity contribution in [3.05, 3.63) is 144 Å². The minimum atomic E-state index is -0.750. The predicted octanol–water partition coefficient (Wildman–Crippen LogP) is 9.88. The molecule has 2 heteroatoms. The molecule has 0 amide bonds. The molecule has 0 aromatic heterocycles. The highest BCUT2D eigenvalue weighted by atomic mass is 16.5. The lowest BCUT2D eigenvalue weighted by Crippen LogP contribution is -2.36. The van der Waals surface area contributed by atoms with Crippen molar-refractivity contribution in [3.8, 4) is 5.75 Å². The van der Waals surface area contributed by atoms with Crippen molar-refractivity contribution in [2.24, 2.45) is 0 Å². The molecule has 1 atom stereocenters. The minimum absolute atomic E-state index is 0.518. The van der Waals surface area contributed by atoms with E-state index in [0.29, 0.717) is 6.61 Å². The maximum atomic E-state index is 7.19. The second-order valence-corrected chi connectivity index (χ2v) is 12.5. The second-order valence-electron chi connectivity index (χ2n) is 12.5. The summed E-state index contributed by atoms with van der Waals surface area (Å²) >= 11 is 0. The number of rotatable bonds is 4. The number of hydrogen-bond donors (Lipinski definition) is 0. The summed E-state index contributed by atoms with van der Waals surface area (Å²) in [4.78, 5) is 0. The minimum Gasteiger partial charge on any atom is -0.488 e. The molecule has 0 N–H and O–H groups in total. The van der Waals surface area contributed by atoms with Crippen LogP contribution in [0.2, 0.25) is 0 Å². The fourth-order valence-electron chi connectivity index (χ4n) is 7.44. The zero-order valence-corrected chi connectivity index (χ0v) is 26.7. The number of fused-ring (bicyclic) bond motifs is 6. The van der Waals surface area contributed by atoms with Gasteiger partial charge in [0.05, 0.1) is 0 Å². The van der Waals surface area contributed by atoms with E-state index in [9.17, 15) is 0 Å². The Hall–Kier alpha value is -4.04. The van der Waals surface area contributed by atoms with Gasteiger partial charge in [0.1, 0.15) is 18.1 Å². The molecule has 1 spiro atoms. The highest BCUT2D eigenvalue weighted by molar-refractivity contribution is 5.80. The molecular formula is C40H42O2. The van der Waals surface area contributed by atoms with E-state index in [1.807, 2.05) is 6.08 Å². The SMILES string of the molecule is C=Cc1ccc(COc2c(C)cc3c(c2C)Cc2c(cc(C)c(C)c2C)C32OC(=C)c3c(C)c(C)c(C)c(C)c32)cc1. The van der Waals surface area contributed by atoms with E-state index < -0.39 is 5.60 Å². The first-order valence-corrected chi connectivity index (χ1v) is 15.0. The molecule has 0 saturated heterocycles. The molecule has 0 radical (unpaired) electrons. The summed E-state index contributed by atoms with van der Waals surface area (Å²) < 4.78 is 13.8. The lowest BCUT2D eigenvalue weighted by molar-refractivity contribution is 0.133. The maximum absolute atomic E-state index is 7.19. The predicted molar refractivity (Wildman–Crippen MR) is 176 cm³/mol. The molecule has 6 rings (SSSR count). The van der Waals surface area contributed by atoms with Crippen molar-refractivity contribution in [2.75, 3.05) is 0 Å². The molecular weight excluding hydrogens is 512 g/mol. The zero-order chi connectivity index (χ0) is 30.2. The number of benzene rings is 4. The van der Waals surface area contributed by atoms with Crippen LogP contribution in [0.4, 0.5) is 0 Å². The molecule has 1 aliphatic carbocycles. The Morgan fingerprint density at radius 1 is 0.738 bits per heavy atom. The summed E-state index contributed by atoms with van der Waals surface area (Å²) in [6.07, 6.45) is 2.72. The van der Waals surface area contributed by atoms with E-state index in [4.69, 9.17) is 9.47 Å². The summed E-state index contributed by atoms with van der Waals surface area (Å²) in [7, 11) is 0. The molecule has 42 heavy (non-hydrogen) atoms. The fourth-order valence-corrected chi connectivity index (χ4v) is 7.44. The largest absolute Gasteiger partial charge is 0.488 e. The first-order valence-electron chi connectivity index (χ1n) is 15.0. The Bertz CT molecular complexity index is 1830. The van der Waals surface area contributed by atoms with Gasteiger partial charge in [0.25, 0.3) is 0 Å². The van der Waals surface area contributed by atoms with Crippen LogP contribution >= 0.6 is 0 Å². The summed E-state index contributed by atoms with van der Waals surface area (Å²) in [5.74, 6) is 1.73. The normalized spacial score (nSPS) is 16.6. The van der Waals surface area contributed by atoms with Crippen molar-refractivity contribution in [3.63, 3.8) is 0 Å². The van der Waals surface area contributed by atoms with Gasteiger partial charge in [-0.3, -0.25) is 0 Å². The van der Waals surface area contributed by atoms with Crippen molar-refractivity contribution in [1.29, 1.82) is 0 Å². The second kappa shape index (κ2) is 9.76. The summed E-state index contributed by atoms with van der Waals surface area (Å²) in [5.41, 5.74) is 20.6. The molecule has 4 aromatic rings. The Balaban J connectivity index is 1.62. The van der Waals surface area contributed by atoms with Gasteiger partial charge in [-0.25, -0.2) is 0 Å². The number of hydrogen-bond acceptors (Lipinski definition) is 2.